The molecule has 5 nitrogen and oxygen atoms in total. The van der Waals surface area contributed by atoms with Gasteiger partial charge in [-0.25, -0.2) is 0 Å². The Morgan fingerprint density at radius 3 is 2.96 bits per heavy atom. The minimum atomic E-state index is -0.0269. The van der Waals surface area contributed by atoms with Gasteiger partial charge in [0.15, 0.2) is 0 Å². The highest BCUT2D eigenvalue weighted by molar-refractivity contribution is 5.80. The van der Waals surface area contributed by atoms with Crippen LogP contribution in [0.5, 0.6) is 5.75 Å². The summed E-state index contributed by atoms with van der Waals surface area (Å²) >= 11 is 0. The molecule has 5 heteroatoms. The van der Waals surface area contributed by atoms with Crippen LogP contribution in [0, 0.1) is 17.8 Å². The molecule has 2 aromatic rings. The zero-order chi connectivity index (χ0) is 17.5. The van der Waals surface area contributed by atoms with E-state index >= 15 is 0 Å². The lowest BCUT2D eigenvalue weighted by atomic mass is 9.93. The Labute approximate surface area is 152 Å². The summed E-state index contributed by atoms with van der Waals surface area (Å²) in [7, 11) is 0. The van der Waals surface area contributed by atoms with Gasteiger partial charge in [0.05, 0.1) is 18.4 Å². The average molecular weight is 347 g/mol. The predicted molar refractivity (Wildman–Crippen MR) is 97.4 cm³/mol. The topological polar surface area (TPSA) is 64.1 Å². The maximum atomic E-state index is 12.5. The number of rotatable bonds is 4. The molecule has 1 aromatic heterocycles. The van der Waals surface area contributed by atoms with Crippen molar-refractivity contribution < 1.29 is 9.53 Å². The first-order chi connectivity index (χ1) is 12.8. The summed E-state index contributed by atoms with van der Waals surface area (Å²) in [6.45, 7) is 0.547. The third-order valence-corrected chi connectivity index (χ3v) is 5.79. The molecule has 0 saturated heterocycles. The second-order valence-electron chi connectivity index (χ2n) is 7.46. The average Bonchev–Trinajstić information content (AvgIpc) is 3.41. The molecule has 26 heavy (non-hydrogen) atoms. The summed E-state index contributed by atoms with van der Waals surface area (Å²) < 4.78 is 6.17. The molecule has 1 amide bonds. The number of nitrogens with one attached hydrogen (secondary N) is 1. The number of allylic oxidation sites excluding steroid dienone is 2. The van der Waals surface area contributed by atoms with Crippen molar-refractivity contribution >= 4 is 5.91 Å². The maximum Gasteiger partial charge on any atom is 0.223 e. The molecule has 3 aliphatic rings. The Hall–Kier alpha value is -2.69. The summed E-state index contributed by atoms with van der Waals surface area (Å²) in [5, 5.41) is 3.12. The summed E-state index contributed by atoms with van der Waals surface area (Å²) in [6, 6.07) is 6.11. The van der Waals surface area contributed by atoms with Gasteiger partial charge in [-0.15, -0.1) is 0 Å². The van der Waals surface area contributed by atoms with Crippen molar-refractivity contribution in [2.75, 3.05) is 6.54 Å². The number of carbonyl (C=O) groups is 1. The fourth-order valence-electron chi connectivity index (χ4n) is 4.52. The van der Waals surface area contributed by atoms with Crippen LogP contribution >= 0.6 is 0 Å². The third-order valence-electron chi connectivity index (χ3n) is 5.79. The zero-order valence-electron chi connectivity index (χ0n) is 14.5. The van der Waals surface area contributed by atoms with Crippen molar-refractivity contribution in [2.24, 2.45) is 17.8 Å². The van der Waals surface area contributed by atoms with Gasteiger partial charge in [0.25, 0.3) is 0 Å². The van der Waals surface area contributed by atoms with Gasteiger partial charge in [0, 0.05) is 30.3 Å². The SMILES string of the molecule is O=C(NCC1Cc2cccc(-c3cnccn3)c2O1)[C@@H]1C[C@H]2C=C[C@@H]1C2. The fourth-order valence-corrected chi connectivity index (χ4v) is 4.52. The Balaban J connectivity index is 1.25. The minimum absolute atomic E-state index is 0.0269. The van der Waals surface area contributed by atoms with Gasteiger partial charge < -0.3 is 10.1 Å². The molecule has 4 atom stereocenters. The van der Waals surface area contributed by atoms with Gasteiger partial charge in [-0.2, -0.15) is 0 Å². The van der Waals surface area contributed by atoms with E-state index in [1.165, 1.54) is 0 Å². The van der Waals surface area contributed by atoms with Gasteiger partial charge in [0.2, 0.25) is 5.91 Å². The minimum Gasteiger partial charge on any atom is -0.487 e. The van der Waals surface area contributed by atoms with Crippen LogP contribution in [0.1, 0.15) is 18.4 Å². The first-order valence-corrected chi connectivity index (χ1v) is 9.29. The van der Waals surface area contributed by atoms with E-state index in [2.05, 4.69) is 33.5 Å². The van der Waals surface area contributed by atoms with Crippen LogP contribution in [0.3, 0.4) is 0 Å². The fraction of sp³-hybridized carbons (Fsp3) is 0.381. The lowest BCUT2D eigenvalue weighted by molar-refractivity contribution is -0.126. The number of nitrogens with zero attached hydrogens (tertiary/aromatic N) is 2. The molecule has 1 aromatic carbocycles. The Morgan fingerprint density at radius 1 is 1.23 bits per heavy atom. The number of hydrogen-bond acceptors (Lipinski definition) is 4. The van der Waals surface area contributed by atoms with Crippen molar-refractivity contribution in [3.8, 4) is 17.0 Å². The van der Waals surface area contributed by atoms with E-state index < -0.39 is 0 Å². The quantitative estimate of drug-likeness (QED) is 0.864. The van der Waals surface area contributed by atoms with E-state index in [1.807, 2.05) is 12.1 Å². The molecule has 1 fully saturated rings. The van der Waals surface area contributed by atoms with Crippen LogP contribution < -0.4 is 10.1 Å². The summed E-state index contributed by atoms with van der Waals surface area (Å²) in [6.07, 6.45) is 12.5. The van der Waals surface area contributed by atoms with Crippen molar-refractivity contribution in [2.45, 2.75) is 25.4 Å². The summed E-state index contributed by atoms with van der Waals surface area (Å²) in [5.74, 6) is 2.23. The van der Waals surface area contributed by atoms with Gasteiger partial charge in [-0.05, 0) is 36.3 Å². The van der Waals surface area contributed by atoms with Crippen molar-refractivity contribution in [3.05, 3.63) is 54.5 Å². The number of ether oxygens (including phenoxy) is 1. The molecule has 1 aliphatic heterocycles. The zero-order valence-corrected chi connectivity index (χ0v) is 14.5. The number of carbonyl (C=O) groups excluding carboxylic acids is 1. The smallest absolute Gasteiger partial charge is 0.223 e. The molecule has 1 N–H and O–H groups in total. The first-order valence-electron chi connectivity index (χ1n) is 9.29. The van der Waals surface area contributed by atoms with E-state index in [0.717, 1.165) is 41.8 Å². The molecule has 1 unspecified atom stereocenters. The Bertz CT molecular complexity index is 865. The van der Waals surface area contributed by atoms with E-state index in [0.29, 0.717) is 18.4 Å². The number of aromatic nitrogens is 2. The lowest BCUT2D eigenvalue weighted by Gasteiger charge is -2.19. The molecule has 1 saturated carbocycles. The monoisotopic (exact) mass is 347 g/mol. The summed E-state index contributed by atoms with van der Waals surface area (Å²) in [5.41, 5.74) is 2.93. The van der Waals surface area contributed by atoms with Crippen LogP contribution in [-0.4, -0.2) is 28.5 Å². The van der Waals surface area contributed by atoms with Crippen LogP contribution in [0.25, 0.3) is 11.3 Å². The van der Waals surface area contributed by atoms with Gasteiger partial charge in [-0.1, -0.05) is 24.3 Å². The van der Waals surface area contributed by atoms with Crippen molar-refractivity contribution in [1.82, 2.24) is 15.3 Å². The van der Waals surface area contributed by atoms with E-state index in [-0.39, 0.29) is 17.9 Å². The van der Waals surface area contributed by atoms with E-state index in [1.54, 1.807) is 18.6 Å². The first kappa shape index (κ1) is 15.6. The summed E-state index contributed by atoms with van der Waals surface area (Å²) in [4.78, 5) is 21.1. The second kappa shape index (κ2) is 6.24. The highest BCUT2D eigenvalue weighted by atomic mass is 16.5. The predicted octanol–water partition coefficient (Wildman–Crippen LogP) is 2.78. The molecule has 0 radical (unpaired) electrons. The van der Waals surface area contributed by atoms with Gasteiger partial charge in [0.1, 0.15) is 11.9 Å². The Morgan fingerprint density at radius 2 is 2.19 bits per heavy atom. The van der Waals surface area contributed by atoms with Gasteiger partial charge in [-0.3, -0.25) is 14.8 Å². The molecular weight excluding hydrogens is 326 g/mol. The number of hydrogen-bond donors (Lipinski definition) is 1. The van der Waals surface area contributed by atoms with Gasteiger partial charge >= 0.3 is 0 Å². The van der Waals surface area contributed by atoms with Crippen molar-refractivity contribution in [1.29, 1.82) is 0 Å². The van der Waals surface area contributed by atoms with E-state index in [4.69, 9.17) is 4.74 Å². The highest BCUT2D eigenvalue weighted by Crippen LogP contribution is 2.43. The van der Waals surface area contributed by atoms with Crippen LogP contribution in [0.2, 0.25) is 0 Å². The van der Waals surface area contributed by atoms with Crippen LogP contribution in [-0.2, 0) is 11.2 Å². The number of fused-ring (bicyclic) bond motifs is 3. The third kappa shape index (κ3) is 2.68. The molecule has 5 rings (SSSR count). The standard InChI is InChI=1S/C21H21N3O2/c25-21(18-9-13-4-5-14(18)8-13)24-11-16-10-15-2-1-3-17(20(15)26-16)19-12-22-6-7-23-19/h1-7,12-14,16,18H,8-11H2,(H,24,25)/t13-,14+,16?,18+/m0/s1. The lowest BCUT2D eigenvalue weighted by Crippen LogP contribution is -2.39. The number of amides is 1. The largest absolute Gasteiger partial charge is 0.487 e. The van der Waals surface area contributed by atoms with Crippen molar-refractivity contribution in [3.63, 3.8) is 0 Å². The molecular formula is C21H21N3O2. The Kier molecular flexibility index (Phi) is 3.73. The van der Waals surface area contributed by atoms with Crippen LogP contribution in [0.15, 0.2) is 48.9 Å². The molecule has 0 spiro atoms. The second-order valence-corrected chi connectivity index (χ2v) is 7.46. The molecule has 2 heterocycles. The maximum absolute atomic E-state index is 12.5. The molecule has 2 aliphatic carbocycles. The number of benzene rings is 1. The normalized spacial score (nSPS) is 28.0. The molecule has 132 valence electrons. The molecule has 2 bridgehead atoms. The van der Waals surface area contributed by atoms with Crippen LogP contribution in [0.4, 0.5) is 0 Å². The highest BCUT2D eigenvalue weighted by Gasteiger charge is 2.40. The van der Waals surface area contributed by atoms with E-state index in [9.17, 15) is 4.79 Å². The number of para-hydroxylation sites is 1.